The number of nitrogens with one attached hydrogen (secondary N) is 1. The van der Waals surface area contributed by atoms with Crippen molar-refractivity contribution in [2.45, 2.75) is 33.0 Å². The van der Waals surface area contributed by atoms with Gasteiger partial charge in [0.15, 0.2) is 12.0 Å². The van der Waals surface area contributed by atoms with Gasteiger partial charge in [-0.25, -0.2) is 9.18 Å². The third-order valence-corrected chi connectivity index (χ3v) is 1.63. The fourth-order valence-electron chi connectivity index (χ4n) is 1.06. The first-order chi connectivity index (χ1) is 7.37. The molecule has 0 aliphatic rings. The monoisotopic (exact) mass is 306 g/mol. The molecule has 96 valence electrons. The summed E-state index contributed by atoms with van der Waals surface area (Å²) in [6.45, 7) is 5.51. The van der Waals surface area contributed by atoms with E-state index in [1.807, 2.05) is 0 Å². The average Bonchev–Trinajstić information content (AvgIpc) is 2.12. The number of hydrogen-bond donors (Lipinski definition) is 1. The van der Waals surface area contributed by atoms with Gasteiger partial charge in [-0.05, 0) is 26.8 Å². The van der Waals surface area contributed by atoms with Crippen LogP contribution in [0, 0.1) is 5.82 Å². The van der Waals surface area contributed by atoms with E-state index in [4.69, 9.17) is 4.74 Å². The number of nitrogens with zero attached hydrogens (tertiary/aromatic N) is 1. The van der Waals surface area contributed by atoms with Crippen molar-refractivity contribution < 1.29 is 35.5 Å². The van der Waals surface area contributed by atoms with E-state index in [-0.39, 0.29) is 29.5 Å². The van der Waals surface area contributed by atoms with Gasteiger partial charge in [-0.15, -0.1) is 0 Å². The lowest BCUT2D eigenvalue weighted by Gasteiger charge is -2.18. The summed E-state index contributed by atoms with van der Waals surface area (Å²) in [5.41, 5.74) is -0.531. The summed E-state index contributed by atoms with van der Waals surface area (Å²) in [6.07, 6.45) is 2.42. The van der Waals surface area contributed by atoms with Gasteiger partial charge in [-0.3, -0.25) is 5.32 Å². The molecule has 17 heavy (non-hydrogen) atoms. The molecule has 0 aliphatic carbocycles. The first-order valence-electron chi connectivity index (χ1n) is 4.98. The number of ether oxygens (including phenoxy) is 1. The highest BCUT2D eigenvalue weighted by atomic mass is 79.9. The maximum absolute atomic E-state index is 12.8. The Morgan fingerprint density at radius 2 is 2.18 bits per heavy atom. The van der Waals surface area contributed by atoms with E-state index in [9.17, 15) is 9.18 Å². The van der Waals surface area contributed by atoms with Crippen LogP contribution in [-0.2, 0) is 11.4 Å². The number of halogens is 2. The predicted octanol–water partition coefficient (Wildman–Crippen LogP) is -1.40. The maximum Gasteiger partial charge on any atom is 0.412 e. The summed E-state index contributed by atoms with van der Waals surface area (Å²) < 4.78 is 19.3. The van der Waals surface area contributed by atoms with Gasteiger partial charge >= 0.3 is 6.09 Å². The zero-order valence-corrected chi connectivity index (χ0v) is 11.6. The highest BCUT2D eigenvalue weighted by Crippen LogP contribution is 2.05. The van der Waals surface area contributed by atoms with Crippen molar-refractivity contribution >= 4 is 6.09 Å². The Balaban J connectivity index is 0.00000256. The smallest absolute Gasteiger partial charge is 0.412 e. The highest BCUT2D eigenvalue weighted by Gasteiger charge is 2.16. The number of aromatic nitrogens is 1. The van der Waals surface area contributed by atoms with Crippen molar-refractivity contribution in [2.24, 2.45) is 0 Å². The largest absolute Gasteiger partial charge is 1.00 e. The number of rotatable bonds is 2. The van der Waals surface area contributed by atoms with Crippen molar-refractivity contribution in [2.75, 3.05) is 0 Å². The van der Waals surface area contributed by atoms with Gasteiger partial charge in [-0.2, -0.15) is 4.57 Å². The van der Waals surface area contributed by atoms with Crippen LogP contribution in [0.5, 0.6) is 0 Å². The zero-order chi connectivity index (χ0) is 12.2. The number of amides is 1. The quantitative estimate of drug-likeness (QED) is 0.683. The molecule has 0 aromatic carbocycles. The van der Waals surface area contributed by atoms with Crippen LogP contribution in [-0.4, -0.2) is 11.7 Å². The molecule has 1 N–H and O–H groups in total. The summed E-state index contributed by atoms with van der Waals surface area (Å²) in [5, 5.41) is 2.52. The summed E-state index contributed by atoms with van der Waals surface area (Å²) in [7, 11) is 0. The Morgan fingerprint density at radius 3 is 2.71 bits per heavy atom. The molecule has 0 radical (unpaired) electrons. The fourth-order valence-corrected chi connectivity index (χ4v) is 1.06. The van der Waals surface area contributed by atoms with Crippen LogP contribution < -0.4 is 26.9 Å². The minimum Gasteiger partial charge on any atom is -1.00 e. The molecular formula is C11H16BrFN2O2. The third-order valence-electron chi connectivity index (χ3n) is 1.63. The van der Waals surface area contributed by atoms with Crippen molar-refractivity contribution in [1.29, 1.82) is 0 Å². The lowest BCUT2D eigenvalue weighted by Crippen LogP contribution is -3.00. The van der Waals surface area contributed by atoms with Crippen LogP contribution in [0.15, 0.2) is 24.5 Å². The molecule has 1 aromatic heterocycles. The molecule has 1 amide bonds. The Kier molecular flexibility index (Phi) is 6.09. The van der Waals surface area contributed by atoms with Gasteiger partial charge in [0, 0.05) is 6.07 Å². The summed E-state index contributed by atoms with van der Waals surface area (Å²) in [6, 6.07) is 2.90. The molecule has 0 fully saturated rings. The van der Waals surface area contributed by atoms with Crippen LogP contribution >= 0.6 is 0 Å². The Morgan fingerprint density at radius 1 is 1.53 bits per heavy atom. The molecule has 0 saturated heterocycles. The molecule has 1 aromatic rings. The van der Waals surface area contributed by atoms with Crippen LogP contribution in [0.3, 0.4) is 0 Å². The third kappa shape index (κ3) is 6.88. The van der Waals surface area contributed by atoms with Gasteiger partial charge in [0.2, 0.25) is 12.9 Å². The first kappa shape index (κ1) is 15.8. The summed E-state index contributed by atoms with van der Waals surface area (Å²) in [5.74, 6) is -0.353. The Labute approximate surface area is 111 Å². The molecular weight excluding hydrogens is 291 g/mol. The van der Waals surface area contributed by atoms with Crippen molar-refractivity contribution in [3.05, 3.63) is 30.3 Å². The van der Waals surface area contributed by atoms with Gasteiger partial charge < -0.3 is 21.7 Å². The molecule has 4 nitrogen and oxygen atoms in total. The van der Waals surface area contributed by atoms with Gasteiger partial charge in [0.05, 0.1) is 0 Å². The van der Waals surface area contributed by atoms with E-state index in [0.29, 0.717) is 0 Å². The van der Waals surface area contributed by atoms with E-state index in [1.165, 1.54) is 16.8 Å². The predicted molar refractivity (Wildman–Crippen MR) is 56.0 cm³/mol. The lowest BCUT2D eigenvalue weighted by atomic mass is 10.2. The topological polar surface area (TPSA) is 42.2 Å². The second-order valence-electron chi connectivity index (χ2n) is 4.37. The molecule has 1 rings (SSSR count). The molecule has 0 spiro atoms. The van der Waals surface area contributed by atoms with E-state index in [1.54, 1.807) is 33.0 Å². The second kappa shape index (κ2) is 6.54. The number of carbonyl (C=O) groups excluding carboxylic acids is 1. The molecule has 0 saturated carbocycles. The SMILES string of the molecule is CC(C)(C)OC(=O)NC[n+]1cccc(F)c1.[Br-]. The molecule has 6 heteroatoms. The molecule has 0 bridgehead atoms. The van der Waals surface area contributed by atoms with E-state index < -0.39 is 11.7 Å². The first-order valence-corrected chi connectivity index (χ1v) is 4.98. The molecule has 1 heterocycles. The lowest BCUT2D eigenvalue weighted by molar-refractivity contribution is -0.701. The van der Waals surface area contributed by atoms with Crippen LogP contribution in [0.4, 0.5) is 9.18 Å². The number of pyridine rings is 1. The standard InChI is InChI=1S/C11H15FN2O2.BrH/c1-11(2,3)16-10(15)13-8-14-6-4-5-9(12)7-14;/h4-7H,8H2,1-3H3;1H. The maximum atomic E-state index is 12.8. The summed E-state index contributed by atoms with van der Waals surface area (Å²) in [4.78, 5) is 11.3. The van der Waals surface area contributed by atoms with Crippen LogP contribution in [0.2, 0.25) is 0 Å². The second-order valence-corrected chi connectivity index (χ2v) is 4.37. The number of alkyl carbamates (subject to hydrolysis) is 1. The normalized spacial score (nSPS) is 10.4. The number of carbonyl (C=O) groups is 1. The van der Waals surface area contributed by atoms with E-state index in [0.717, 1.165) is 0 Å². The number of hydrogen-bond acceptors (Lipinski definition) is 2. The van der Waals surface area contributed by atoms with Crippen LogP contribution in [0.1, 0.15) is 20.8 Å². The zero-order valence-electron chi connectivity index (χ0n) is 10.0. The van der Waals surface area contributed by atoms with Gasteiger partial charge in [-0.1, -0.05) is 0 Å². The molecule has 0 unspecified atom stereocenters. The highest BCUT2D eigenvalue weighted by molar-refractivity contribution is 5.67. The van der Waals surface area contributed by atoms with Crippen molar-refractivity contribution in [3.63, 3.8) is 0 Å². The van der Waals surface area contributed by atoms with E-state index in [2.05, 4.69) is 5.32 Å². The van der Waals surface area contributed by atoms with Crippen LogP contribution in [0.25, 0.3) is 0 Å². The molecule has 0 atom stereocenters. The minimum atomic E-state index is -0.531. The molecule has 0 aliphatic heterocycles. The Bertz CT molecular complexity index is 380. The van der Waals surface area contributed by atoms with Gasteiger partial charge in [0.25, 0.3) is 0 Å². The average molecular weight is 307 g/mol. The summed E-state index contributed by atoms with van der Waals surface area (Å²) >= 11 is 0. The van der Waals surface area contributed by atoms with Gasteiger partial charge in [0.1, 0.15) is 5.60 Å². The van der Waals surface area contributed by atoms with Crippen molar-refractivity contribution in [3.8, 4) is 0 Å². The van der Waals surface area contributed by atoms with Crippen molar-refractivity contribution in [1.82, 2.24) is 5.32 Å². The van der Waals surface area contributed by atoms with E-state index >= 15 is 0 Å². The minimum absolute atomic E-state index is 0. The fraction of sp³-hybridized carbons (Fsp3) is 0.455. The Hall–Kier alpha value is -1.17.